The lowest BCUT2D eigenvalue weighted by molar-refractivity contribution is -0.131. The zero-order chi connectivity index (χ0) is 19.1. The van der Waals surface area contributed by atoms with Crippen LogP contribution in [-0.2, 0) is 24.3 Å². The van der Waals surface area contributed by atoms with Gasteiger partial charge in [0.05, 0.1) is 30.9 Å². The molecule has 0 spiro atoms. The highest BCUT2D eigenvalue weighted by molar-refractivity contribution is 7.10. The molecule has 4 aromatic rings. The fraction of sp³-hybridized carbons (Fsp3) is 0.182. The Bertz CT molecular complexity index is 1130. The van der Waals surface area contributed by atoms with E-state index in [0.29, 0.717) is 19.5 Å². The van der Waals surface area contributed by atoms with Crippen molar-refractivity contribution in [1.29, 1.82) is 0 Å². The third kappa shape index (κ3) is 2.96. The van der Waals surface area contributed by atoms with Crippen LogP contribution in [0.4, 0.5) is 0 Å². The van der Waals surface area contributed by atoms with Gasteiger partial charge in [-0.2, -0.15) is 5.10 Å². The van der Waals surface area contributed by atoms with Crippen LogP contribution in [0.1, 0.15) is 21.7 Å². The summed E-state index contributed by atoms with van der Waals surface area (Å²) < 4.78 is 4.08. The number of aryl methyl sites for hydroxylation is 1. The number of carbonyl (C=O) groups is 1. The van der Waals surface area contributed by atoms with Gasteiger partial charge in [-0.15, -0.1) is 11.3 Å². The molecule has 0 radical (unpaired) electrons. The molecule has 140 valence electrons. The first-order valence-electron chi connectivity index (χ1n) is 9.30. The number of carbonyl (C=O) groups excluding carboxylic acids is 1. The van der Waals surface area contributed by atoms with Crippen LogP contribution in [-0.4, -0.2) is 25.2 Å². The molecule has 1 aromatic carbocycles. The van der Waals surface area contributed by atoms with Crippen LogP contribution in [0.3, 0.4) is 0 Å². The first-order chi connectivity index (χ1) is 13.7. The van der Waals surface area contributed by atoms with Crippen molar-refractivity contribution in [2.75, 3.05) is 0 Å². The molecule has 0 saturated carbocycles. The summed E-state index contributed by atoms with van der Waals surface area (Å²) in [4.78, 5) is 15.8. The van der Waals surface area contributed by atoms with Gasteiger partial charge in [0.25, 0.3) is 0 Å². The largest absolute Gasteiger partial charge is 0.332 e. The van der Waals surface area contributed by atoms with Crippen molar-refractivity contribution < 1.29 is 4.79 Å². The zero-order valence-corrected chi connectivity index (χ0v) is 16.4. The highest BCUT2D eigenvalue weighted by atomic mass is 32.1. The standard InChI is InChI=1S/C22H20N4OS/c1-16-6-4-7-17(12-16)26-22(24-9-2-3-10-24)19-14-25(15-20(19)23-26)21(27)13-18-8-5-11-28-18/h2-12H,13-15H2,1H3. The fourth-order valence-corrected chi connectivity index (χ4v) is 4.43. The molecular formula is C22H20N4OS. The molecule has 1 aliphatic heterocycles. The summed E-state index contributed by atoms with van der Waals surface area (Å²) in [5.41, 5.74) is 4.33. The molecule has 0 fully saturated rings. The Morgan fingerprint density at radius 2 is 1.96 bits per heavy atom. The fourth-order valence-electron chi connectivity index (χ4n) is 3.73. The van der Waals surface area contributed by atoms with Crippen molar-refractivity contribution in [1.82, 2.24) is 19.2 Å². The Labute approximate surface area is 167 Å². The van der Waals surface area contributed by atoms with Gasteiger partial charge in [0.1, 0.15) is 5.82 Å². The first kappa shape index (κ1) is 17.0. The molecule has 5 nitrogen and oxygen atoms in total. The number of hydrogen-bond acceptors (Lipinski definition) is 3. The number of thiophene rings is 1. The minimum Gasteiger partial charge on any atom is -0.332 e. The number of rotatable bonds is 4. The van der Waals surface area contributed by atoms with Crippen LogP contribution >= 0.6 is 11.3 Å². The average molecular weight is 388 g/mol. The first-order valence-corrected chi connectivity index (χ1v) is 10.2. The van der Waals surface area contributed by atoms with Gasteiger partial charge in [-0.25, -0.2) is 4.68 Å². The molecule has 28 heavy (non-hydrogen) atoms. The summed E-state index contributed by atoms with van der Waals surface area (Å²) in [5.74, 6) is 1.16. The molecule has 0 N–H and O–H groups in total. The minimum atomic E-state index is 0.154. The Morgan fingerprint density at radius 1 is 1.11 bits per heavy atom. The molecule has 1 amide bonds. The molecule has 5 rings (SSSR count). The highest BCUT2D eigenvalue weighted by Crippen LogP contribution is 2.31. The van der Waals surface area contributed by atoms with E-state index in [1.165, 1.54) is 5.56 Å². The van der Waals surface area contributed by atoms with Gasteiger partial charge in [-0.1, -0.05) is 18.2 Å². The Kier molecular flexibility index (Phi) is 4.13. The predicted octanol–water partition coefficient (Wildman–Crippen LogP) is 4.12. The van der Waals surface area contributed by atoms with E-state index >= 15 is 0 Å². The van der Waals surface area contributed by atoms with E-state index in [1.54, 1.807) is 11.3 Å². The summed E-state index contributed by atoms with van der Waals surface area (Å²) in [5, 5.41) is 6.90. The predicted molar refractivity (Wildman–Crippen MR) is 110 cm³/mol. The van der Waals surface area contributed by atoms with Crippen LogP contribution in [0.5, 0.6) is 0 Å². The second-order valence-electron chi connectivity index (χ2n) is 7.10. The summed E-state index contributed by atoms with van der Waals surface area (Å²) >= 11 is 1.63. The van der Waals surface area contributed by atoms with E-state index in [-0.39, 0.29) is 5.91 Å². The van der Waals surface area contributed by atoms with Crippen LogP contribution in [0.25, 0.3) is 11.5 Å². The number of hydrogen-bond donors (Lipinski definition) is 0. The molecule has 0 atom stereocenters. The molecule has 0 aliphatic carbocycles. The lowest BCUT2D eigenvalue weighted by Gasteiger charge is -2.17. The van der Waals surface area contributed by atoms with Crippen molar-refractivity contribution in [3.05, 3.63) is 88.0 Å². The van der Waals surface area contributed by atoms with Crippen LogP contribution < -0.4 is 0 Å². The number of aromatic nitrogens is 3. The summed E-state index contributed by atoms with van der Waals surface area (Å²) in [6.45, 7) is 3.24. The number of fused-ring (bicyclic) bond motifs is 1. The SMILES string of the molecule is Cc1cccc(-n2nc3c(c2-n2cccc2)CN(C(=O)Cc2cccs2)C3)c1. The van der Waals surface area contributed by atoms with E-state index < -0.39 is 0 Å². The van der Waals surface area contributed by atoms with Gasteiger partial charge >= 0.3 is 0 Å². The summed E-state index contributed by atoms with van der Waals surface area (Å²) in [6, 6.07) is 16.4. The number of amides is 1. The maximum atomic E-state index is 12.8. The second kappa shape index (κ2) is 6.80. The van der Waals surface area contributed by atoms with Gasteiger partial charge in [0, 0.05) is 22.8 Å². The second-order valence-corrected chi connectivity index (χ2v) is 8.13. The van der Waals surface area contributed by atoms with Crippen molar-refractivity contribution in [2.45, 2.75) is 26.4 Å². The number of benzene rings is 1. The van der Waals surface area contributed by atoms with Crippen molar-refractivity contribution in [3.63, 3.8) is 0 Å². The quantitative estimate of drug-likeness (QED) is 0.528. The molecule has 0 bridgehead atoms. The zero-order valence-electron chi connectivity index (χ0n) is 15.6. The smallest absolute Gasteiger partial charge is 0.228 e. The van der Waals surface area contributed by atoms with Gasteiger partial charge in [-0.05, 0) is 48.2 Å². The monoisotopic (exact) mass is 388 g/mol. The Morgan fingerprint density at radius 3 is 2.71 bits per heavy atom. The molecule has 6 heteroatoms. The topological polar surface area (TPSA) is 43.1 Å². The Hall–Kier alpha value is -3.12. The van der Waals surface area contributed by atoms with Crippen LogP contribution in [0.2, 0.25) is 0 Å². The van der Waals surface area contributed by atoms with Crippen LogP contribution in [0.15, 0.2) is 66.3 Å². The molecule has 4 heterocycles. The van der Waals surface area contributed by atoms with E-state index in [1.807, 2.05) is 57.7 Å². The van der Waals surface area contributed by atoms with Gasteiger partial charge in [0.15, 0.2) is 0 Å². The number of nitrogens with zero attached hydrogens (tertiary/aromatic N) is 4. The third-order valence-corrected chi connectivity index (χ3v) is 5.96. The normalized spacial score (nSPS) is 13.1. The summed E-state index contributed by atoms with van der Waals surface area (Å²) in [7, 11) is 0. The van der Waals surface area contributed by atoms with Crippen molar-refractivity contribution in [2.24, 2.45) is 0 Å². The van der Waals surface area contributed by atoms with E-state index in [4.69, 9.17) is 5.10 Å². The maximum Gasteiger partial charge on any atom is 0.228 e. The molecule has 0 unspecified atom stereocenters. The Balaban J connectivity index is 1.51. The maximum absolute atomic E-state index is 12.8. The van der Waals surface area contributed by atoms with E-state index in [2.05, 4.69) is 29.7 Å². The molecular weight excluding hydrogens is 368 g/mol. The third-order valence-electron chi connectivity index (χ3n) is 5.08. The molecule has 1 aliphatic rings. The molecule has 0 saturated heterocycles. The van der Waals surface area contributed by atoms with Crippen molar-refractivity contribution >= 4 is 17.2 Å². The van der Waals surface area contributed by atoms with Gasteiger partial charge in [-0.3, -0.25) is 4.79 Å². The highest BCUT2D eigenvalue weighted by Gasteiger charge is 2.31. The van der Waals surface area contributed by atoms with E-state index in [0.717, 1.165) is 27.6 Å². The van der Waals surface area contributed by atoms with Crippen molar-refractivity contribution in [3.8, 4) is 11.5 Å². The summed E-state index contributed by atoms with van der Waals surface area (Å²) in [6.07, 6.45) is 4.51. The van der Waals surface area contributed by atoms with Crippen LogP contribution in [0, 0.1) is 6.92 Å². The van der Waals surface area contributed by atoms with Gasteiger partial charge < -0.3 is 9.47 Å². The van der Waals surface area contributed by atoms with E-state index in [9.17, 15) is 4.79 Å². The molecule has 3 aromatic heterocycles. The average Bonchev–Trinajstić information content (AvgIpc) is 3.45. The minimum absolute atomic E-state index is 0.154. The lowest BCUT2D eigenvalue weighted by atomic mass is 10.2. The lowest BCUT2D eigenvalue weighted by Crippen LogP contribution is -2.27. The van der Waals surface area contributed by atoms with Gasteiger partial charge in [0.2, 0.25) is 5.91 Å².